The minimum atomic E-state index is -4.21. The Kier molecular flexibility index (Phi) is 6.25. The number of primary amides is 1. The SMILES string of the molecule is CCC(O)(NS(=O)(=O)c1ccc(-c2ccccc2)c(OC(C)C)c1)C(N)=O. The van der Waals surface area contributed by atoms with Crippen LogP contribution in [0, 0.1) is 0 Å². The molecule has 0 aromatic heterocycles. The quantitative estimate of drug-likeness (QED) is 0.594. The summed E-state index contributed by atoms with van der Waals surface area (Å²) in [7, 11) is -4.21. The van der Waals surface area contributed by atoms with E-state index < -0.39 is 21.7 Å². The molecule has 0 saturated carbocycles. The molecule has 0 heterocycles. The Morgan fingerprint density at radius 1 is 1.22 bits per heavy atom. The van der Waals surface area contributed by atoms with E-state index in [0.717, 1.165) is 11.1 Å². The van der Waals surface area contributed by atoms with Gasteiger partial charge in [-0.1, -0.05) is 37.3 Å². The van der Waals surface area contributed by atoms with Gasteiger partial charge in [-0.2, -0.15) is 4.72 Å². The number of carbonyl (C=O) groups is 1. The second kappa shape index (κ2) is 8.08. The lowest BCUT2D eigenvalue weighted by Crippen LogP contribution is -2.56. The number of nitrogens with two attached hydrogens (primary N) is 1. The van der Waals surface area contributed by atoms with Crippen LogP contribution in [0.5, 0.6) is 5.75 Å². The molecule has 2 aromatic rings. The molecule has 0 saturated heterocycles. The molecule has 27 heavy (non-hydrogen) atoms. The van der Waals surface area contributed by atoms with Gasteiger partial charge in [0, 0.05) is 11.6 Å². The molecule has 7 nitrogen and oxygen atoms in total. The number of sulfonamides is 1. The van der Waals surface area contributed by atoms with E-state index in [4.69, 9.17) is 10.5 Å². The van der Waals surface area contributed by atoms with Gasteiger partial charge in [0.1, 0.15) is 5.75 Å². The summed E-state index contributed by atoms with van der Waals surface area (Å²) in [5.74, 6) is -0.800. The highest BCUT2D eigenvalue weighted by Crippen LogP contribution is 2.33. The van der Waals surface area contributed by atoms with E-state index in [2.05, 4.69) is 0 Å². The third-order valence-corrected chi connectivity index (χ3v) is 5.41. The molecule has 4 N–H and O–H groups in total. The zero-order valence-electron chi connectivity index (χ0n) is 15.5. The van der Waals surface area contributed by atoms with Gasteiger partial charge in [0.15, 0.2) is 0 Å². The summed E-state index contributed by atoms with van der Waals surface area (Å²) < 4.78 is 33.1. The largest absolute Gasteiger partial charge is 0.490 e. The van der Waals surface area contributed by atoms with Crippen LogP contribution in [0.2, 0.25) is 0 Å². The van der Waals surface area contributed by atoms with E-state index in [1.54, 1.807) is 6.07 Å². The van der Waals surface area contributed by atoms with Gasteiger partial charge in [0.05, 0.1) is 11.0 Å². The van der Waals surface area contributed by atoms with Crippen LogP contribution in [-0.4, -0.2) is 31.3 Å². The molecular formula is C19H24N2O5S. The zero-order valence-corrected chi connectivity index (χ0v) is 16.3. The van der Waals surface area contributed by atoms with E-state index in [0.29, 0.717) is 5.75 Å². The number of amides is 1. The molecular weight excluding hydrogens is 368 g/mol. The van der Waals surface area contributed by atoms with E-state index in [9.17, 15) is 18.3 Å². The number of nitrogens with one attached hydrogen (secondary N) is 1. The predicted octanol–water partition coefficient (Wildman–Crippen LogP) is 2.00. The standard InChI is InChI=1S/C19H24N2O5S/c1-4-19(23,18(20)22)21-27(24,25)15-10-11-16(14-8-6-5-7-9-14)17(12-15)26-13(2)3/h5-13,21,23H,4H2,1-3H3,(H2,20,22). The van der Waals surface area contributed by atoms with Crippen molar-refractivity contribution in [3.05, 3.63) is 48.5 Å². The fourth-order valence-electron chi connectivity index (χ4n) is 2.46. The molecule has 1 atom stereocenters. The molecule has 0 bridgehead atoms. The topological polar surface area (TPSA) is 119 Å². The first-order valence-electron chi connectivity index (χ1n) is 8.51. The Hall–Kier alpha value is -2.42. The van der Waals surface area contributed by atoms with Gasteiger partial charge in [-0.3, -0.25) is 4.79 Å². The summed E-state index contributed by atoms with van der Waals surface area (Å²) in [5.41, 5.74) is 4.35. The second-order valence-corrected chi connectivity index (χ2v) is 8.06. The highest BCUT2D eigenvalue weighted by Gasteiger charge is 2.37. The minimum Gasteiger partial charge on any atom is -0.490 e. The fraction of sp³-hybridized carbons (Fsp3) is 0.316. The first-order valence-corrected chi connectivity index (χ1v) is 10.00. The predicted molar refractivity (Wildman–Crippen MR) is 102 cm³/mol. The molecule has 0 fully saturated rings. The zero-order chi connectivity index (χ0) is 20.2. The van der Waals surface area contributed by atoms with E-state index >= 15 is 0 Å². The number of carbonyl (C=O) groups excluding carboxylic acids is 1. The third-order valence-electron chi connectivity index (χ3n) is 3.93. The van der Waals surface area contributed by atoms with Crippen molar-refractivity contribution in [2.45, 2.75) is 43.9 Å². The van der Waals surface area contributed by atoms with Crippen molar-refractivity contribution in [1.29, 1.82) is 0 Å². The van der Waals surface area contributed by atoms with Crippen LogP contribution in [0.4, 0.5) is 0 Å². The van der Waals surface area contributed by atoms with Gasteiger partial charge in [-0.05, 0) is 38.0 Å². The lowest BCUT2D eigenvalue weighted by Gasteiger charge is -2.24. The first kappa shape index (κ1) is 20.9. The molecule has 0 spiro atoms. The number of aliphatic hydroxyl groups is 1. The molecule has 0 radical (unpaired) electrons. The maximum Gasteiger partial charge on any atom is 0.265 e. The van der Waals surface area contributed by atoms with Crippen LogP contribution in [-0.2, 0) is 14.8 Å². The van der Waals surface area contributed by atoms with E-state index in [1.807, 2.05) is 48.9 Å². The maximum absolute atomic E-state index is 12.7. The Balaban J connectivity index is 2.51. The highest BCUT2D eigenvalue weighted by atomic mass is 32.2. The van der Waals surface area contributed by atoms with Gasteiger partial charge in [0.2, 0.25) is 15.7 Å². The minimum absolute atomic E-state index is 0.147. The molecule has 146 valence electrons. The summed E-state index contributed by atoms with van der Waals surface area (Å²) in [5, 5.41) is 10.1. The first-order chi connectivity index (χ1) is 12.6. The van der Waals surface area contributed by atoms with Gasteiger partial charge >= 0.3 is 0 Å². The molecule has 2 rings (SSSR count). The van der Waals surface area contributed by atoms with Crippen LogP contribution in [0.25, 0.3) is 11.1 Å². The molecule has 0 aliphatic rings. The molecule has 8 heteroatoms. The summed E-state index contributed by atoms with van der Waals surface area (Å²) in [6.45, 7) is 5.10. The van der Waals surface area contributed by atoms with E-state index in [-0.39, 0.29) is 17.4 Å². The summed E-state index contributed by atoms with van der Waals surface area (Å²) in [6, 6.07) is 13.8. The summed E-state index contributed by atoms with van der Waals surface area (Å²) >= 11 is 0. The second-order valence-electron chi connectivity index (χ2n) is 6.37. The van der Waals surface area contributed by atoms with Crippen molar-refractivity contribution < 1.29 is 23.1 Å². The van der Waals surface area contributed by atoms with Crippen LogP contribution < -0.4 is 15.2 Å². The number of rotatable bonds is 8. The number of benzene rings is 2. The van der Waals surface area contributed by atoms with Crippen LogP contribution in [0.1, 0.15) is 27.2 Å². The van der Waals surface area contributed by atoms with Gasteiger partial charge in [-0.25, -0.2) is 8.42 Å². The van der Waals surface area contributed by atoms with Crippen molar-refractivity contribution in [2.24, 2.45) is 5.73 Å². The molecule has 0 aliphatic heterocycles. The fourth-order valence-corrected chi connectivity index (χ4v) is 3.77. The molecule has 2 aromatic carbocycles. The Labute approximate surface area is 159 Å². The average molecular weight is 392 g/mol. The Morgan fingerprint density at radius 3 is 2.37 bits per heavy atom. The molecule has 1 unspecified atom stereocenters. The Bertz CT molecular complexity index is 913. The lowest BCUT2D eigenvalue weighted by atomic mass is 10.0. The number of ether oxygens (including phenoxy) is 1. The highest BCUT2D eigenvalue weighted by molar-refractivity contribution is 7.89. The van der Waals surface area contributed by atoms with Crippen LogP contribution in [0.15, 0.2) is 53.4 Å². The summed E-state index contributed by atoms with van der Waals surface area (Å²) in [4.78, 5) is 11.3. The van der Waals surface area contributed by atoms with Gasteiger partial charge in [0.25, 0.3) is 5.91 Å². The smallest absolute Gasteiger partial charge is 0.265 e. The van der Waals surface area contributed by atoms with Gasteiger partial charge in [-0.15, -0.1) is 0 Å². The normalized spacial score (nSPS) is 14.0. The van der Waals surface area contributed by atoms with Crippen LogP contribution >= 0.6 is 0 Å². The summed E-state index contributed by atoms with van der Waals surface area (Å²) in [6.07, 6.45) is -0.393. The van der Waals surface area contributed by atoms with E-state index in [1.165, 1.54) is 19.1 Å². The third kappa shape index (κ3) is 4.85. The number of hydrogen-bond acceptors (Lipinski definition) is 5. The Morgan fingerprint density at radius 2 is 1.85 bits per heavy atom. The lowest BCUT2D eigenvalue weighted by molar-refractivity contribution is -0.137. The average Bonchev–Trinajstić information content (AvgIpc) is 2.61. The van der Waals surface area contributed by atoms with Crippen molar-refractivity contribution in [1.82, 2.24) is 4.72 Å². The van der Waals surface area contributed by atoms with Crippen molar-refractivity contribution in [3.8, 4) is 16.9 Å². The molecule has 1 amide bonds. The molecule has 0 aliphatic carbocycles. The maximum atomic E-state index is 12.7. The van der Waals surface area contributed by atoms with Crippen molar-refractivity contribution >= 4 is 15.9 Å². The van der Waals surface area contributed by atoms with Crippen molar-refractivity contribution in [3.63, 3.8) is 0 Å². The van der Waals surface area contributed by atoms with Crippen molar-refractivity contribution in [2.75, 3.05) is 0 Å². The number of hydrogen-bond donors (Lipinski definition) is 3. The monoisotopic (exact) mass is 392 g/mol. The van der Waals surface area contributed by atoms with Crippen LogP contribution in [0.3, 0.4) is 0 Å². The van der Waals surface area contributed by atoms with Gasteiger partial charge < -0.3 is 15.6 Å².